The van der Waals surface area contributed by atoms with Crippen LogP contribution in [0.5, 0.6) is 11.5 Å². The molecular formula is C18H14ClF3N4O2S. The van der Waals surface area contributed by atoms with E-state index in [2.05, 4.69) is 15.3 Å². The Morgan fingerprint density at radius 3 is 2.72 bits per heavy atom. The van der Waals surface area contributed by atoms with Crippen molar-refractivity contribution in [1.29, 1.82) is 0 Å². The van der Waals surface area contributed by atoms with Crippen LogP contribution in [0, 0.1) is 10.6 Å². The molecule has 1 N–H and O–H groups in total. The molecule has 0 saturated heterocycles. The predicted octanol–water partition coefficient (Wildman–Crippen LogP) is 5.14. The first-order valence-corrected chi connectivity index (χ1v) is 8.92. The number of aromatic nitrogens is 3. The Kier molecular flexibility index (Phi) is 6.55. The molecule has 0 fully saturated rings. The Balaban J connectivity index is 1.83. The van der Waals surface area contributed by atoms with E-state index in [0.717, 1.165) is 10.7 Å². The highest BCUT2D eigenvalue weighted by molar-refractivity contribution is 7.71. The molecule has 3 rings (SSSR count). The van der Waals surface area contributed by atoms with Crippen LogP contribution < -0.4 is 9.47 Å². The van der Waals surface area contributed by atoms with Crippen molar-refractivity contribution in [1.82, 2.24) is 14.9 Å². The summed E-state index contributed by atoms with van der Waals surface area (Å²) in [5.74, 6) is -0.220. The quantitative estimate of drug-likeness (QED) is 0.406. The summed E-state index contributed by atoms with van der Waals surface area (Å²) in [5, 5.41) is 9.83. The lowest BCUT2D eigenvalue weighted by Gasteiger charge is -2.12. The molecule has 0 saturated carbocycles. The molecule has 3 aromatic rings. The summed E-state index contributed by atoms with van der Waals surface area (Å²) in [6.07, 6.45) is -1.48. The van der Waals surface area contributed by atoms with Gasteiger partial charge in [0.25, 0.3) is 6.43 Å². The van der Waals surface area contributed by atoms with E-state index in [4.69, 9.17) is 33.3 Å². The van der Waals surface area contributed by atoms with Crippen molar-refractivity contribution in [2.24, 2.45) is 5.10 Å². The molecule has 6 nitrogen and oxygen atoms in total. The largest absolute Gasteiger partial charge is 0.496 e. The maximum absolute atomic E-state index is 13.2. The van der Waals surface area contributed by atoms with Crippen molar-refractivity contribution in [3.63, 3.8) is 0 Å². The van der Waals surface area contributed by atoms with Gasteiger partial charge in [0.2, 0.25) is 10.6 Å². The monoisotopic (exact) mass is 442 g/mol. The number of halogens is 4. The van der Waals surface area contributed by atoms with Crippen LogP contribution in [0.1, 0.15) is 23.4 Å². The van der Waals surface area contributed by atoms with E-state index < -0.39 is 18.1 Å². The number of benzene rings is 2. The van der Waals surface area contributed by atoms with Crippen molar-refractivity contribution in [2.45, 2.75) is 13.0 Å². The zero-order valence-corrected chi connectivity index (χ0v) is 16.5. The number of H-pyrrole nitrogens is 1. The summed E-state index contributed by atoms with van der Waals surface area (Å²) in [4.78, 5) is 0. The molecule has 2 aromatic carbocycles. The second kappa shape index (κ2) is 9.10. The van der Waals surface area contributed by atoms with Crippen LogP contribution in [0.4, 0.5) is 13.2 Å². The van der Waals surface area contributed by atoms with E-state index in [1.165, 1.54) is 25.5 Å². The summed E-state index contributed by atoms with van der Waals surface area (Å²) in [6, 6.07) is 8.86. The smallest absolute Gasteiger partial charge is 0.299 e. The van der Waals surface area contributed by atoms with E-state index in [-0.39, 0.29) is 16.4 Å². The predicted molar refractivity (Wildman–Crippen MR) is 104 cm³/mol. The number of aromatic amines is 1. The van der Waals surface area contributed by atoms with Gasteiger partial charge < -0.3 is 9.47 Å². The Morgan fingerprint density at radius 1 is 1.28 bits per heavy atom. The van der Waals surface area contributed by atoms with E-state index in [1.54, 1.807) is 18.2 Å². The van der Waals surface area contributed by atoms with E-state index in [9.17, 15) is 13.2 Å². The fraction of sp³-hybridized carbons (Fsp3) is 0.167. The SMILES string of the molecule is COc1ccc(C=Nn2c(C(F)F)n[nH]c2=S)cc1COc1ccc(F)cc1Cl. The maximum Gasteiger partial charge on any atom is 0.299 e. The molecule has 0 aliphatic carbocycles. The number of ether oxygens (including phenoxy) is 2. The van der Waals surface area contributed by atoms with Gasteiger partial charge >= 0.3 is 0 Å². The molecule has 0 unspecified atom stereocenters. The first kappa shape index (κ1) is 20.9. The lowest BCUT2D eigenvalue weighted by Crippen LogP contribution is -2.02. The molecule has 0 spiro atoms. The van der Waals surface area contributed by atoms with Gasteiger partial charge in [-0.25, -0.2) is 18.3 Å². The number of methoxy groups -OCH3 is 1. The van der Waals surface area contributed by atoms with Crippen molar-refractivity contribution >= 4 is 30.0 Å². The number of hydrogen-bond acceptors (Lipinski definition) is 5. The molecule has 0 bridgehead atoms. The molecule has 0 atom stereocenters. The van der Waals surface area contributed by atoms with Crippen molar-refractivity contribution in [2.75, 3.05) is 7.11 Å². The minimum Gasteiger partial charge on any atom is -0.496 e. The topological polar surface area (TPSA) is 64.4 Å². The number of rotatable bonds is 7. The van der Waals surface area contributed by atoms with Gasteiger partial charge in [0.1, 0.15) is 23.9 Å². The Morgan fingerprint density at radius 2 is 2.03 bits per heavy atom. The van der Waals surface area contributed by atoms with Crippen LogP contribution in [0.15, 0.2) is 41.5 Å². The van der Waals surface area contributed by atoms with Crippen molar-refractivity contribution < 1.29 is 22.6 Å². The first-order valence-electron chi connectivity index (χ1n) is 8.13. The van der Waals surface area contributed by atoms with Crippen LogP contribution >= 0.6 is 23.8 Å². The molecule has 0 aliphatic rings. The molecule has 29 heavy (non-hydrogen) atoms. The normalized spacial score (nSPS) is 11.4. The van der Waals surface area contributed by atoms with Gasteiger partial charge in [0, 0.05) is 5.56 Å². The minimum atomic E-state index is -2.83. The highest BCUT2D eigenvalue weighted by Gasteiger charge is 2.16. The van der Waals surface area contributed by atoms with Gasteiger partial charge in [0.15, 0.2) is 0 Å². The second-order valence-corrected chi connectivity index (χ2v) is 6.47. The second-order valence-electron chi connectivity index (χ2n) is 5.68. The summed E-state index contributed by atoms with van der Waals surface area (Å²) in [5.41, 5.74) is 1.22. The van der Waals surface area contributed by atoms with Gasteiger partial charge in [-0.3, -0.25) is 0 Å². The van der Waals surface area contributed by atoms with Crippen LogP contribution in [0.2, 0.25) is 5.02 Å². The summed E-state index contributed by atoms with van der Waals surface area (Å²) >= 11 is 10.9. The van der Waals surface area contributed by atoms with Crippen molar-refractivity contribution in [3.8, 4) is 11.5 Å². The average Bonchev–Trinajstić information content (AvgIpc) is 3.06. The number of nitrogens with zero attached hydrogens (tertiary/aromatic N) is 3. The summed E-state index contributed by atoms with van der Waals surface area (Å²) < 4.78 is 50.8. The minimum absolute atomic E-state index is 0.0560. The van der Waals surface area contributed by atoms with Crippen LogP contribution in [0.25, 0.3) is 0 Å². The highest BCUT2D eigenvalue weighted by Crippen LogP contribution is 2.27. The number of hydrogen-bond donors (Lipinski definition) is 1. The number of nitrogens with one attached hydrogen (secondary N) is 1. The molecule has 0 aliphatic heterocycles. The van der Waals surface area contributed by atoms with E-state index in [1.807, 2.05) is 0 Å². The van der Waals surface area contributed by atoms with Gasteiger partial charge in [0.05, 0.1) is 18.3 Å². The third-order valence-corrected chi connectivity index (χ3v) is 4.33. The zero-order chi connectivity index (χ0) is 21.0. The van der Waals surface area contributed by atoms with Crippen molar-refractivity contribution in [3.05, 3.63) is 69.0 Å². The van der Waals surface area contributed by atoms with E-state index >= 15 is 0 Å². The highest BCUT2D eigenvalue weighted by atomic mass is 35.5. The summed E-state index contributed by atoms with van der Waals surface area (Å²) in [7, 11) is 1.50. The Bertz CT molecular complexity index is 1100. The number of alkyl halides is 2. The lowest BCUT2D eigenvalue weighted by atomic mass is 10.1. The van der Waals surface area contributed by atoms with Gasteiger partial charge in [-0.2, -0.15) is 14.9 Å². The van der Waals surface area contributed by atoms with Crippen LogP contribution in [-0.4, -0.2) is 28.2 Å². The van der Waals surface area contributed by atoms with Gasteiger partial charge in [-0.05, 0) is 54.2 Å². The molecule has 11 heteroatoms. The van der Waals surface area contributed by atoms with Crippen LogP contribution in [-0.2, 0) is 6.61 Å². The third kappa shape index (κ3) is 4.96. The molecule has 1 aromatic heterocycles. The van der Waals surface area contributed by atoms with Gasteiger partial charge in [-0.15, -0.1) is 0 Å². The Hall–Kier alpha value is -2.85. The van der Waals surface area contributed by atoms with E-state index in [0.29, 0.717) is 22.6 Å². The first-order chi connectivity index (χ1) is 13.9. The molecule has 1 heterocycles. The summed E-state index contributed by atoms with van der Waals surface area (Å²) in [6.45, 7) is 0.0730. The fourth-order valence-corrected chi connectivity index (χ4v) is 2.83. The third-order valence-electron chi connectivity index (χ3n) is 3.77. The molecular weight excluding hydrogens is 429 g/mol. The fourth-order valence-electron chi connectivity index (χ4n) is 2.42. The molecule has 152 valence electrons. The standard InChI is InChI=1S/C18H14ClF3N4O2S/c1-27-14-4-2-10(8-23-26-17(16(21)22)24-25-18(26)29)6-11(14)9-28-15-5-3-12(20)7-13(15)19/h2-8,16H,9H2,1H3,(H,25,29). The average molecular weight is 443 g/mol. The Labute approximate surface area is 173 Å². The lowest BCUT2D eigenvalue weighted by molar-refractivity contribution is 0.136. The molecule has 0 radical (unpaired) electrons. The van der Waals surface area contributed by atoms with Crippen LogP contribution in [0.3, 0.4) is 0 Å². The molecule has 0 amide bonds. The van der Waals surface area contributed by atoms with Gasteiger partial charge in [-0.1, -0.05) is 11.6 Å². The zero-order valence-electron chi connectivity index (χ0n) is 14.9. The maximum atomic E-state index is 13.2.